The van der Waals surface area contributed by atoms with Crippen LogP contribution in [0.25, 0.3) is 0 Å². The molecule has 0 aromatic heterocycles. The van der Waals surface area contributed by atoms with Gasteiger partial charge >= 0.3 is 0 Å². The molecule has 3 heteroatoms. The second-order valence-corrected chi connectivity index (χ2v) is 4.05. The Morgan fingerprint density at radius 3 is 2.85 bits per heavy atom. The molecule has 1 aliphatic carbocycles. The van der Waals surface area contributed by atoms with Crippen LogP contribution in [0.1, 0.15) is 25.7 Å². The Labute approximate surface area is 80.9 Å². The predicted octanol–water partition coefficient (Wildman–Crippen LogP) is 0.428. The molecule has 0 radical (unpaired) electrons. The first-order chi connectivity index (χ1) is 6.29. The van der Waals surface area contributed by atoms with Crippen LogP contribution in [-0.2, 0) is 0 Å². The molecule has 13 heavy (non-hydrogen) atoms. The molecule has 3 N–H and O–H groups in total. The van der Waals surface area contributed by atoms with Gasteiger partial charge in [0.2, 0.25) is 0 Å². The van der Waals surface area contributed by atoms with E-state index >= 15 is 0 Å². The van der Waals surface area contributed by atoms with Crippen LogP contribution < -0.4 is 5.73 Å². The van der Waals surface area contributed by atoms with E-state index in [0.717, 1.165) is 19.5 Å². The fourth-order valence-electron chi connectivity index (χ4n) is 2.36. The fraction of sp³-hybridized carbons (Fsp3) is 1.00. The SMILES string of the molecule is CN(CCCO)C1CCCC1CN. The minimum Gasteiger partial charge on any atom is -0.396 e. The summed E-state index contributed by atoms with van der Waals surface area (Å²) in [5.41, 5.74) is 5.71. The van der Waals surface area contributed by atoms with Crippen molar-refractivity contribution in [3.63, 3.8) is 0 Å². The van der Waals surface area contributed by atoms with Crippen LogP contribution in [-0.4, -0.2) is 42.8 Å². The number of rotatable bonds is 5. The van der Waals surface area contributed by atoms with E-state index in [0.29, 0.717) is 18.6 Å². The van der Waals surface area contributed by atoms with Crippen LogP contribution >= 0.6 is 0 Å². The zero-order chi connectivity index (χ0) is 9.68. The first kappa shape index (κ1) is 11.0. The summed E-state index contributed by atoms with van der Waals surface area (Å²) in [5, 5.41) is 8.73. The average molecular weight is 186 g/mol. The lowest BCUT2D eigenvalue weighted by molar-refractivity contribution is 0.179. The average Bonchev–Trinajstić information content (AvgIpc) is 2.61. The summed E-state index contributed by atoms with van der Waals surface area (Å²) in [4.78, 5) is 2.36. The molecule has 0 bridgehead atoms. The smallest absolute Gasteiger partial charge is 0.0443 e. The summed E-state index contributed by atoms with van der Waals surface area (Å²) in [6.07, 6.45) is 4.76. The minimum atomic E-state index is 0.296. The van der Waals surface area contributed by atoms with E-state index in [1.807, 2.05) is 0 Å². The molecule has 0 amide bonds. The standard InChI is InChI=1S/C10H22N2O/c1-12(6-3-7-13)10-5-2-4-9(10)8-11/h9-10,13H,2-8,11H2,1H3. The second kappa shape index (κ2) is 5.58. The van der Waals surface area contributed by atoms with Crippen LogP contribution in [0.3, 0.4) is 0 Å². The predicted molar refractivity (Wildman–Crippen MR) is 54.5 cm³/mol. The molecule has 0 saturated heterocycles. The summed E-state index contributed by atoms with van der Waals surface area (Å²) < 4.78 is 0. The number of nitrogens with two attached hydrogens (primary N) is 1. The van der Waals surface area contributed by atoms with Crippen LogP contribution in [0.2, 0.25) is 0 Å². The number of hydrogen-bond donors (Lipinski definition) is 2. The van der Waals surface area contributed by atoms with E-state index in [-0.39, 0.29) is 0 Å². The molecule has 3 nitrogen and oxygen atoms in total. The Balaban J connectivity index is 2.31. The summed E-state index contributed by atoms with van der Waals surface area (Å²) >= 11 is 0. The molecule has 0 heterocycles. The van der Waals surface area contributed by atoms with Gasteiger partial charge in [0, 0.05) is 19.2 Å². The van der Waals surface area contributed by atoms with E-state index in [2.05, 4.69) is 11.9 Å². The van der Waals surface area contributed by atoms with E-state index in [9.17, 15) is 0 Å². The van der Waals surface area contributed by atoms with Crippen molar-refractivity contribution < 1.29 is 5.11 Å². The highest BCUT2D eigenvalue weighted by Crippen LogP contribution is 2.28. The van der Waals surface area contributed by atoms with Gasteiger partial charge in [-0.2, -0.15) is 0 Å². The van der Waals surface area contributed by atoms with Gasteiger partial charge in [-0.3, -0.25) is 0 Å². The van der Waals surface area contributed by atoms with E-state index in [4.69, 9.17) is 10.8 Å². The summed E-state index contributed by atoms with van der Waals surface area (Å²) in [7, 11) is 2.15. The van der Waals surface area contributed by atoms with E-state index in [1.54, 1.807) is 0 Å². The number of nitrogens with zero attached hydrogens (tertiary/aromatic N) is 1. The van der Waals surface area contributed by atoms with Crippen molar-refractivity contribution in [2.75, 3.05) is 26.7 Å². The van der Waals surface area contributed by atoms with Crippen molar-refractivity contribution in [2.24, 2.45) is 11.7 Å². The normalized spacial score (nSPS) is 28.6. The maximum Gasteiger partial charge on any atom is 0.0443 e. The third-order valence-corrected chi connectivity index (χ3v) is 3.16. The molecule has 1 fully saturated rings. The van der Waals surface area contributed by atoms with Crippen LogP contribution in [0, 0.1) is 5.92 Å². The fourth-order valence-corrected chi connectivity index (χ4v) is 2.36. The quantitative estimate of drug-likeness (QED) is 0.654. The zero-order valence-electron chi connectivity index (χ0n) is 8.58. The lowest BCUT2D eigenvalue weighted by Crippen LogP contribution is -2.38. The summed E-state index contributed by atoms with van der Waals surface area (Å²) in [6.45, 7) is 2.11. The van der Waals surface area contributed by atoms with Crippen molar-refractivity contribution in [1.29, 1.82) is 0 Å². The van der Waals surface area contributed by atoms with Crippen molar-refractivity contribution in [2.45, 2.75) is 31.7 Å². The number of hydrogen-bond acceptors (Lipinski definition) is 3. The molecule has 1 aliphatic rings. The van der Waals surface area contributed by atoms with Crippen LogP contribution in [0.15, 0.2) is 0 Å². The molecule has 0 aromatic rings. The molecule has 1 rings (SSSR count). The first-order valence-electron chi connectivity index (χ1n) is 5.30. The van der Waals surface area contributed by atoms with E-state index in [1.165, 1.54) is 19.3 Å². The van der Waals surface area contributed by atoms with Gasteiger partial charge in [-0.1, -0.05) is 6.42 Å². The largest absolute Gasteiger partial charge is 0.396 e. The number of aliphatic hydroxyl groups excluding tert-OH is 1. The molecule has 2 unspecified atom stereocenters. The van der Waals surface area contributed by atoms with Crippen LogP contribution in [0.5, 0.6) is 0 Å². The highest BCUT2D eigenvalue weighted by molar-refractivity contribution is 4.84. The minimum absolute atomic E-state index is 0.296. The van der Waals surface area contributed by atoms with Crippen LogP contribution in [0.4, 0.5) is 0 Å². The molecule has 1 saturated carbocycles. The van der Waals surface area contributed by atoms with E-state index < -0.39 is 0 Å². The Morgan fingerprint density at radius 2 is 2.23 bits per heavy atom. The molecule has 0 aliphatic heterocycles. The zero-order valence-corrected chi connectivity index (χ0v) is 8.58. The summed E-state index contributed by atoms with van der Waals surface area (Å²) in [6, 6.07) is 0.663. The van der Waals surface area contributed by atoms with Gasteiger partial charge < -0.3 is 15.7 Å². The Morgan fingerprint density at radius 1 is 1.46 bits per heavy atom. The molecular formula is C10H22N2O. The van der Waals surface area contributed by atoms with Gasteiger partial charge in [0.05, 0.1) is 0 Å². The molecular weight excluding hydrogens is 164 g/mol. The van der Waals surface area contributed by atoms with Crippen molar-refractivity contribution >= 4 is 0 Å². The number of aliphatic hydroxyl groups is 1. The second-order valence-electron chi connectivity index (χ2n) is 4.05. The Kier molecular flexibility index (Phi) is 4.70. The Hall–Kier alpha value is -0.120. The third kappa shape index (κ3) is 2.93. The first-order valence-corrected chi connectivity index (χ1v) is 5.30. The monoisotopic (exact) mass is 186 g/mol. The van der Waals surface area contributed by atoms with Crippen molar-refractivity contribution in [1.82, 2.24) is 4.90 Å². The molecule has 0 spiro atoms. The lowest BCUT2D eigenvalue weighted by atomic mass is 10.0. The van der Waals surface area contributed by atoms with Gasteiger partial charge in [-0.15, -0.1) is 0 Å². The molecule has 78 valence electrons. The highest BCUT2D eigenvalue weighted by atomic mass is 16.3. The molecule has 0 aromatic carbocycles. The van der Waals surface area contributed by atoms with Gasteiger partial charge in [-0.25, -0.2) is 0 Å². The lowest BCUT2D eigenvalue weighted by Gasteiger charge is -2.28. The van der Waals surface area contributed by atoms with Gasteiger partial charge in [0.25, 0.3) is 0 Å². The summed E-state index contributed by atoms with van der Waals surface area (Å²) in [5.74, 6) is 0.684. The van der Waals surface area contributed by atoms with Gasteiger partial charge in [0.15, 0.2) is 0 Å². The van der Waals surface area contributed by atoms with Crippen molar-refractivity contribution in [3.8, 4) is 0 Å². The van der Waals surface area contributed by atoms with Gasteiger partial charge in [0.1, 0.15) is 0 Å². The third-order valence-electron chi connectivity index (χ3n) is 3.16. The van der Waals surface area contributed by atoms with Gasteiger partial charge in [-0.05, 0) is 38.8 Å². The maximum absolute atomic E-state index is 8.73. The van der Waals surface area contributed by atoms with Crippen molar-refractivity contribution in [3.05, 3.63) is 0 Å². The topological polar surface area (TPSA) is 49.5 Å². The molecule has 2 atom stereocenters. The Bertz CT molecular complexity index is 141. The highest BCUT2D eigenvalue weighted by Gasteiger charge is 2.28. The maximum atomic E-state index is 8.73.